The Morgan fingerprint density at radius 1 is 1.12 bits per heavy atom. The van der Waals surface area contributed by atoms with Crippen molar-refractivity contribution in [2.45, 2.75) is 6.61 Å². The number of aliphatic hydroxyl groups excluding tert-OH is 1. The molecule has 0 bridgehead atoms. The SMILES string of the molecule is O=C(Nc1c(Br)c(CO)nn1-c1ccccc1)Oc1ccccc1. The minimum absolute atomic E-state index is 0.261. The predicted molar refractivity (Wildman–Crippen MR) is 93.3 cm³/mol. The van der Waals surface area contributed by atoms with E-state index in [2.05, 4.69) is 26.3 Å². The zero-order valence-electron chi connectivity index (χ0n) is 12.5. The van der Waals surface area contributed by atoms with Crippen LogP contribution in [0.3, 0.4) is 0 Å². The van der Waals surface area contributed by atoms with E-state index in [1.165, 1.54) is 4.68 Å². The maximum absolute atomic E-state index is 12.2. The van der Waals surface area contributed by atoms with Crippen LogP contribution in [-0.2, 0) is 6.61 Å². The largest absolute Gasteiger partial charge is 0.418 e. The average molecular weight is 388 g/mol. The van der Waals surface area contributed by atoms with Crippen LogP contribution in [-0.4, -0.2) is 21.0 Å². The predicted octanol–water partition coefficient (Wildman–Crippen LogP) is 3.74. The molecule has 0 aliphatic carbocycles. The Labute approximate surface area is 146 Å². The Kier molecular flexibility index (Phi) is 4.93. The zero-order chi connectivity index (χ0) is 16.9. The van der Waals surface area contributed by atoms with Crippen molar-refractivity contribution in [3.63, 3.8) is 0 Å². The fourth-order valence-corrected chi connectivity index (χ4v) is 2.60. The molecule has 0 aliphatic rings. The summed E-state index contributed by atoms with van der Waals surface area (Å²) in [5, 5.41) is 16.4. The minimum atomic E-state index is -0.650. The van der Waals surface area contributed by atoms with Gasteiger partial charge in [-0.25, -0.2) is 9.48 Å². The van der Waals surface area contributed by atoms with Gasteiger partial charge in [-0.1, -0.05) is 36.4 Å². The third-order valence-electron chi connectivity index (χ3n) is 3.22. The maximum atomic E-state index is 12.2. The molecule has 0 saturated carbocycles. The average Bonchev–Trinajstić information content (AvgIpc) is 2.92. The first-order valence-corrected chi connectivity index (χ1v) is 7.96. The second kappa shape index (κ2) is 7.29. The number of rotatable bonds is 4. The van der Waals surface area contributed by atoms with E-state index in [-0.39, 0.29) is 6.61 Å². The Hall–Kier alpha value is -2.64. The van der Waals surface area contributed by atoms with Crippen LogP contribution in [0.5, 0.6) is 5.75 Å². The lowest BCUT2D eigenvalue weighted by Crippen LogP contribution is -2.19. The lowest BCUT2D eigenvalue weighted by atomic mass is 10.3. The van der Waals surface area contributed by atoms with Gasteiger partial charge in [0.05, 0.1) is 16.8 Å². The number of hydrogen-bond acceptors (Lipinski definition) is 4. The van der Waals surface area contributed by atoms with Gasteiger partial charge in [0.1, 0.15) is 11.4 Å². The minimum Gasteiger partial charge on any atom is -0.410 e. The van der Waals surface area contributed by atoms with Crippen molar-refractivity contribution < 1.29 is 14.6 Å². The fraction of sp³-hybridized carbons (Fsp3) is 0.0588. The van der Waals surface area contributed by atoms with Crippen LogP contribution in [0.2, 0.25) is 0 Å². The van der Waals surface area contributed by atoms with Crippen molar-refractivity contribution in [2.75, 3.05) is 5.32 Å². The highest BCUT2D eigenvalue weighted by Crippen LogP contribution is 2.29. The number of carbonyl (C=O) groups is 1. The number of halogens is 1. The molecule has 6 nitrogen and oxygen atoms in total. The number of aromatic nitrogens is 2. The molecule has 1 heterocycles. The standard InChI is InChI=1S/C17H14BrN3O3/c18-15-14(11-22)20-21(12-7-3-1-4-8-12)16(15)19-17(23)24-13-9-5-2-6-10-13/h1-10,22H,11H2,(H,19,23). The van der Waals surface area contributed by atoms with Crippen LogP contribution in [0.4, 0.5) is 10.6 Å². The van der Waals surface area contributed by atoms with E-state index in [4.69, 9.17) is 4.74 Å². The molecule has 2 aromatic carbocycles. The molecule has 0 spiro atoms. The quantitative estimate of drug-likeness (QED) is 0.714. The number of hydrogen-bond donors (Lipinski definition) is 2. The Balaban J connectivity index is 1.89. The van der Waals surface area contributed by atoms with Crippen LogP contribution in [0, 0.1) is 0 Å². The number of ether oxygens (including phenoxy) is 1. The molecule has 3 rings (SSSR count). The van der Waals surface area contributed by atoms with Gasteiger partial charge in [-0.05, 0) is 40.2 Å². The molecular formula is C17H14BrN3O3. The third-order valence-corrected chi connectivity index (χ3v) is 4.05. The van der Waals surface area contributed by atoms with Gasteiger partial charge in [-0.2, -0.15) is 5.10 Å². The first kappa shape index (κ1) is 16.2. The van der Waals surface area contributed by atoms with Crippen molar-refractivity contribution in [1.29, 1.82) is 0 Å². The molecule has 0 unspecified atom stereocenters. The molecule has 2 N–H and O–H groups in total. The number of amides is 1. The molecule has 0 fully saturated rings. The molecule has 24 heavy (non-hydrogen) atoms. The molecule has 1 amide bonds. The van der Waals surface area contributed by atoms with Crippen LogP contribution in [0.1, 0.15) is 5.69 Å². The monoisotopic (exact) mass is 387 g/mol. The summed E-state index contributed by atoms with van der Waals surface area (Å²) in [6.07, 6.45) is -0.650. The number of nitrogens with zero attached hydrogens (tertiary/aromatic N) is 2. The van der Waals surface area contributed by atoms with Gasteiger partial charge in [0.2, 0.25) is 0 Å². The van der Waals surface area contributed by atoms with Gasteiger partial charge in [0.15, 0.2) is 5.82 Å². The van der Waals surface area contributed by atoms with E-state index in [0.717, 1.165) is 5.69 Å². The Bertz CT molecular complexity index is 835. The second-order valence-electron chi connectivity index (χ2n) is 4.84. The summed E-state index contributed by atoms with van der Waals surface area (Å²) in [6, 6.07) is 18.0. The van der Waals surface area contributed by atoms with Crippen LogP contribution in [0.25, 0.3) is 5.69 Å². The van der Waals surface area contributed by atoms with Crippen molar-refractivity contribution in [3.8, 4) is 11.4 Å². The molecule has 1 aromatic heterocycles. The third kappa shape index (κ3) is 3.47. The highest BCUT2D eigenvalue weighted by molar-refractivity contribution is 9.10. The number of anilines is 1. The first-order valence-electron chi connectivity index (χ1n) is 7.16. The summed E-state index contributed by atoms with van der Waals surface area (Å²) in [5.41, 5.74) is 1.15. The lowest BCUT2D eigenvalue weighted by molar-refractivity contribution is 0.215. The normalized spacial score (nSPS) is 10.4. The first-order chi connectivity index (χ1) is 11.7. The van der Waals surface area contributed by atoms with E-state index in [0.29, 0.717) is 21.7 Å². The summed E-state index contributed by atoms with van der Waals surface area (Å²) in [7, 11) is 0. The van der Waals surface area contributed by atoms with Crippen molar-refractivity contribution in [2.24, 2.45) is 0 Å². The van der Waals surface area contributed by atoms with Crippen LogP contribution < -0.4 is 10.1 Å². The number of carbonyl (C=O) groups excluding carboxylic acids is 1. The molecule has 3 aromatic rings. The summed E-state index contributed by atoms with van der Waals surface area (Å²) in [5.74, 6) is 0.811. The van der Waals surface area contributed by atoms with Crippen LogP contribution in [0.15, 0.2) is 65.1 Å². The highest BCUT2D eigenvalue weighted by Gasteiger charge is 2.19. The van der Waals surface area contributed by atoms with Gasteiger partial charge >= 0.3 is 6.09 Å². The van der Waals surface area contributed by atoms with Crippen LogP contribution >= 0.6 is 15.9 Å². The zero-order valence-corrected chi connectivity index (χ0v) is 14.1. The number of aliphatic hydroxyl groups is 1. The fourth-order valence-electron chi connectivity index (χ4n) is 2.13. The molecule has 0 atom stereocenters. The highest BCUT2D eigenvalue weighted by atomic mass is 79.9. The van der Waals surface area contributed by atoms with E-state index < -0.39 is 6.09 Å². The maximum Gasteiger partial charge on any atom is 0.418 e. The van der Waals surface area contributed by atoms with Gasteiger partial charge in [0, 0.05) is 0 Å². The number of para-hydroxylation sites is 2. The molecule has 122 valence electrons. The van der Waals surface area contributed by atoms with Gasteiger partial charge in [0.25, 0.3) is 0 Å². The van der Waals surface area contributed by atoms with Gasteiger partial charge in [-0.15, -0.1) is 0 Å². The summed E-state index contributed by atoms with van der Waals surface area (Å²) in [4.78, 5) is 12.2. The van der Waals surface area contributed by atoms with Crippen molar-refractivity contribution in [1.82, 2.24) is 9.78 Å². The summed E-state index contributed by atoms with van der Waals surface area (Å²) < 4.78 is 7.26. The smallest absolute Gasteiger partial charge is 0.410 e. The number of nitrogens with one attached hydrogen (secondary N) is 1. The molecule has 7 heteroatoms. The summed E-state index contributed by atoms with van der Waals surface area (Å²) >= 11 is 3.36. The van der Waals surface area contributed by atoms with E-state index in [1.54, 1.807) is 24.3 Å². The molecule has 0 radical (unpaired) electrons. The van der Waals surface area contributed by atoms with Crippen molar-refractivity contribution >= 4 is 27.8 Å². The van der Waals surface area contributed by atoms with Gasteiger partial charge < -0.3 is 9.84 Å². The van der Waals surface area contributed by atoms with E-state index >= 15 is 0 Å². The van der Waals surface area contributed by atoms with Crippen molar-refractivity contribution in [3.05, 3.63) is 70.8 Å². The second-order valence-corrected chi connectivity index (χ2v) is 5.64. The molecule has 0 saturated heterocycles. The lowest BCUT2D eigenvalue weighted by Gasteiger charge is -2.10. The van der Waals surface area contributed by atoms with E-state index in [1.807, 2.05) is 36.4 Å². The van der Waals surface area contributed by atoms with Gasteiger partial charge in [-0.3, -0.25) is 5.32 Å². The summed E-state index contributed by atoms with van der Waals surface area (Å²) in [6.45, 7) is -0.261. The van der Waals surface area contributed by atoms with E-state index in [9.17, 15) is 9.90 Å². The molecular weight excluding hydrogens is 374 g/mol. The topological polar surface area (TPSA) is 76.4 Å². The number of benzene rings is 2. The Morgan fingerprint density at radius 2 is 1.75 bits per heavy atom. The molecule has 0 aliphatic heterocycles. The Morgan fingerprint density at radius 3 is 2.38 bits per heavy atom.